The highest BCUT2D eigenvalue weighted by Crippen LogP contribution is 2.15. The quantitative estimate of drug-likeness (QED) is 0.746. The van der Waals surface area contributed by atoms with Gasteiger partial charge in [-0.3, -0.25) is 9.69 Å². The molecule has 2 atom stereocenters. The molecule has 0 aromatic rings. The second kappa shape index (κ2) is 5.47. The SMILES string of the molecule is CC(C)CCN1CCO[C@H](C)[C@H]1C(N)=O. The summed E-state index contributed by atoms with van der Waals surface area (Å²) in [4.78, 5) is 13.5. The first kappa shape index (κ1) is 12.5. The lowest BCUT2D eigenvalue weighted by atomic mass is 10.1. The zero-order valence-electron chi connectivity index (χ0n) is 9.90. The van der Waals surface area contributed by atoms with Crippen molar-refractivity contribution in [3.63, 3.8) is 0 Å². The van der Waals surface area contributed by atoms with Crippen LogP contribution in [0.1, 0.15) is 27.2 Å². The first-order valence-electron chi connectivity index (χ1n) is 5.67. The Morgan fingerprint density at radius 3 is 2.80 bits per heavy atom. The van der Waals surface area contributed by atoms with Gasteiger partial charge in [-0.1, -0.05) is 13.8 Å². The monoisotopic (exact) mass is 214 g/mol. The van der Waals surface area contributed by atoms with Crippen LogP contribution in [0.15, 0.2) is 0 Å². The van der Waals surface area contributed by atoms with E-state index in [1.807, 2.05) is 6.92 Å². The van der Waals surface area contributed by atoms with Crippen molar-refractivity contribution in [1.29, 1.82) is 0 Å². The van der Waals surface area contributed by atoms with Gasteiger partial charge in [0.25, 0.3) is 0 Å². The van der Waals surface area contributed by atoms with E-state index in [1.165, 1.54) is 0 Å². The lowest BCUT2D eigenvalue weighted by Crippen LogP contribution is -2.56. The molecule has 0 saturated carbocycles. The van der Waals surface area contributed by atoms with E-state index in [0.29, 0.717) is 12.5 Å². The fraction of sp³-hybridized carbons (Fsp3) is 0.909. The van der Waals surface area contributed by atoms with Crippen LogP contribution in [-0.4, -0.2) is 42.6 Å². The third-order valence-corrected chi connectivity index (χ3v) is 2.88. The van der Waals surface area contributed by atoms with Crippen LogP contribution in [0.2, 0.25) is 0 Å². The summed E-state index contributed by atoms with van der Waals surface area (Å²) < 4.78 is 5.45. The third kappa shape index (κ3) is 3.47. The molecule has 0 aromatic heterocycles. The number of nitrogens with zero attached hydrogens (tertiary/aromatic N) is 1. The van der Waals surface area contributed by atoms with Crippen molar-refractivity contribution in [3.05, 3.63) is 0 Å². The number of nitrogens with two attached hydrogens (primary N) is 1. The highest BCUT2D eigenvalue weighted by atomic mass is 16.5. The van der Waals surface area contributed by atoms with Gasteiger partial charge in [-0.2, -0.15) is 0 Å². The first-order chi connectivity index (χ1) is 7.02. The minimum atomic E-state index is -0.272. The van der Waals surface area contributed by atoms with Gasteiger partial charge in [0.1, 0.15) is 6.04 Å². The predicted octanol–water partition coefficient (Wildman–Crippen LogP) is 0.607. The van der Waals surface area contributed by atoms with E-state index < -0.39 is 0 Å². The molecule has 0 radical (unpaired) electrons. The van der Waals surface area contributed by atoms with Gasteiger partial charge < -0.3 is 10.5 Å². The summed E-state index contributed by atoms with van der Waals surface area (Å²) >= 11 is 0. The Morgan fingerprint density at radius 2 is 2.27 bits per heavy atom. The summed E-state index contributed by atoms with van der Waals surface area (Å²) in [7, 11) is 0. The van der Waals surface area contributed by atoms with E-state index in [0.717, 1.165) is 19.5 Å². The Labute approximate surface area is 91.8 Å². The maximum Gasteiger partial charge on any atom is 0.237 e. The van der Waals surface area contributed by atoms with Crippen LogP contribution in [0.5, 0.6) is 0 Å². The number of morpholine rings is 1. The Hall–Kier alpha value is -0.610. The summed E-state index contributed by atoms with van der Waals surface area (Å²) in [6.45, 7) is 8.72. The number of primary amides is 1. The molecule has 0 aliphatic carbocycles. The summed E-state index contributed by atoms with van der Waals surface area (Å²) in [5.74, 6) is 0.377. The Balaban J connectivity index is 2.54. The zero-order chi connectivity index (χ0) is 11.4. The van der Waals surface area contributed by atoms with E-state index in [1.54, 1.807) is 0 Å². The smallest absolute Gasteiger partial charge is 0.237 e. The molecule has 4 nitrogen and oxygen atoms in total. The Morgan fingerprint density at radius 1 is 1.60 bits per heavy atom. The molecule has 0 unspecified atom stereocenters. The fourth-order valence-electron chi connectivity index (χ4n) is 1.97. The molecule has 0 spiro atoms. The van der Waals surface area contributed by atoms with Gasteiger partial charge in [-0.25, -0.2) is 0 Å². The second-order valence-electron chi connectivity index (χ2n) is 4.64. The molecule has 0 aromatic carbocycles. The number of amides is 1. The third-order valence-electron chi connectivity index (χ3n) is 2.88. The van der Waals surface area contributed by atoms with Crippen LogP contribution < -0.4 is 5.73 Å². The molecule has 1 aliphatic heterocycles. The van der Waals surface area contributed by atoms with Crippen LogP contribution >= 0.6 is 0 Å². The van der Waals surface area contributed by atoms with Crippen LogP contribution in [-0.2, 0) is 9.53 Å². The average Bonchev–Trinajstić information content (AvgIpc) is 2.13. The van der Waals surface area contributed by atoms with E-state index in [4.69, 9.17) is 10.5 Å². The molecular weight excluding hydrogens is 192 g/mol. The van der Waals surface area contributed by atoms with Gasteiger partial charge >= 0.3 is 0 Å². The fourth-order valence-corrected chi connectivity index (χ4v) is 1.97. The molecule has 1 heterocycles. The molecule has 1 fully saturated rings. The van der Waals surface area contributed by atoms with Crippen LogP contribution in [0.3, 0.4) is 0 Å². The molecule has 2 N–H and O–H groups in total. The lowest BCUT2D eigenvalue weighted by Gasteiger charge is -2.38. The molecule has 88 valence electrons. The maximum absolute atomic E-state index is 11.3. The van der Waals surface area contributed by atoms with Crippen molar-refractivity contribution in [1.82, 2.24) is 4.90 Å². The van der Waals surface area contributed by atoms with Crippen LogP contribution in [0.25, 0.3) is 0 Å². The minimum Gasteiger partial charge on any atom is -0.375 e. The number of rotatable bonds is 4. The van der Waals surface area contributed by atoms with Crippen molar-refractivity contribution in [2.45, 2.75) is 39.3 Å². The van der Waals surface area contributed by atoms with Crippen LogP contribution in [0, 0.1) is 5.92 Å². The first-order valence-corrected chi connectivity index (χ1v) is 5.67. The predicted molar refractivity (Wildman–Crippen MR) is 59.4 cm³/mol. The van der Waals surface area contributed by atoms with Gasteiger partial charge in [-0.15, -0.1) is 0 Å². The Bertz CT molecular complexity index is 219. The van der Waals surface area contributed by atoms with E-state index in [9.17, 15) is 4.79 Å². The molecule has 1 aliphatic rings. The van der Waals surface area contributed by atoms with Gasteiger partial charge in [-0.05, 0) is 25.8 Å². The molecule has 1 amide bonds. The topological polar surface area (TPSA) is 55.6 Å². The average molecular weight is 214 g/mol. The van der Waals surface area contributed by atoms with Gasteiger partial charge in [0.2, 0.25) is 5.91 Å². The standard InChI is InChI=1S/C11H22N2O2/c1-8(2)4-5-13-6-7-15-9(3)10(13)11(12)14/h8-10H,4-7H2,1-3H3,(H2,12,14)/t9-,10+/m1/s1. The van der Waals surface area contributed by atoms with Gasteiger partial charge in [0.15, 0.2) is 0 Å². The largest absolute Gasteiger partial charge is 0.375 e. The zero-order valence-corrected chi connectivity index (χ0v) is 9.90. The molecule has 1 rings (SSSR count). The maximum atomic E-state index is 11.3. The number of hydrogen-bond donors (Lipinski definition) is 1. The number of hydrogen-bond acceptors (Lipinski definition) is 3. The van der Waals surface area contributed by atoms with Gasteiger partial charge in [0, 0.05) is 6.54 Å². The molecule has 1 saturated heterocycles. The second-order valence-corrected chi connectivity index (χ2v) is 4.64. The van der Waals surface area contributed by atoms with Crippen molar-refractivity contribution in [2.24, 2.45) is 11.7 Å². The number of carbonyl (C=O) groups excluding carboxylic acids is 1. The van der Waals surface area contributed by atoms with Crippen molar-refractivity contribution < 1.29 is 9.53 Å². The van der Waals surface area contributed by atoms with Gasteiger partial charge in [0.05, 0.1) is 12.7 Å². The molecular formula is C11H22N2O2. The van der Waals surface area contributed by atoms with Crippen LogP contribution in [0.4, 0.5) is 0 Å². The van der Waals surface area contributed by atoms with E-state index in [2.05, 4.69) is 18.7 Å². The highest BCUT2D eigenvalue weighted by molar-refractivity contribution is 5.80. The van der Waals surface area contributed by atoms with Crippen molar-refractivity contribution in [2.75, 3.05) is 19.7 Å². The summed E-state index contributed by atoms with van der Waals surface area (Å²) in [6, 6.07) is -0.252. The van der Waals surface area contributed by atoms with Crippen molar-refractivity contribution in [3.8, 4) is 0 Å². The Kier molecular flexibility index (Phi) is 4.54. The molecule has 4 heteroatoms. The highest BCUT2D eigenvalue weighted by Gasteiger charge is 2.33. The summed E-state index contributed by atoms with van der Waals surface area (Å²) in [5, 5.41) is 0. The lowest BCUT2D eigenvalue weighted by molar-refractivity contribution is -0.135. The summed E-state index contributed by atoms with van der Waals surface area (Å²) in [5.41, 5.74) is 5.39. The van der Waals surface area contributed by atoms with E-state index in [-0.39, 0.29) is 18.1 Å². The van der Waals surface area contributed by atoms with Crippen molar-refractivity contribution >= 4 is 5.91 Å². The number of carbonyl (C=O) groups is 1. The summed E-state index contributed by atoms with van der Waals surface area (Å²) in [6.07, 6.45) is 1.01. The molecule has 15 heavy (non-hydrogen) atoms. The number of ether oxygens (including phenoxy) is 1. The van der Waals surface area contributed by atoms with E-state index >= 15 is 0 Å². The minimum absolute atomic E-state index is 0.0802. The normalized spacial score (nSPS) is 28.3. The molecule has 0 bridgehead atoms.